The number of thiophene rings is 1. The summed E-state index contributed by atoms with van der Waals surface area (Å²) in [7, 11) is 0. The quantitative estimate of drug-likeness (QED) is 0.212. The SMILES string of the molecule is CC(C)(C)OC(=O)C(Cc1ccc(CCCCC(=O)O)s1)N(c1cccc2ccccc12)S(=O)[O-]. The number of hydrogen-bond acceptors (Lipinski definition) is 6. The van der Waals surface area contributed by atoms with E-state index in [0.717, 1.165) is 37.7 Å². The molecule has 1 N–H and O–H groups in total. The Hall–Kier alpha value is -2.75. The van der Waals surface area contributed by atoms with E-state index >= 15 is 0 Å². The monoisotopic (exact) mass is 516 g/mol. The number of fused-ring (bicyclic) bond motifs is 1. The predicted octanol–water partition coefficient (Wildman–Crippen LogP) is 5.25. The first-order chi connectivity index (χ1) is 16.5. The van der Waals surface area contributed by atoms with Crippen molar-refractivity contribution in [2.75, 3.05) is 4.31 Å². The number of esters is 1. The van der Waals surface area contributed by atoms with Gasteiger partial charge in [0.05, 0.1) is 5.69 Å². The molecule has 0 fully saturated rings. The Balaban J connectivity index is 1.92. The van der Waals surface area contributed by atoms with Crippen molar-refractivity contribution in [3.05, 3.63) is 64.4 Å². The molecule has 188 valence electrons. The average molecular weight is 517 g/mol. The van der Waals surface area contributed by atoms with Crippen LogP contribution in [0.3, 0.4) is 0 Å². The first-order valence-corrected chi connectivity index (χ1v) is 13.3. The normalized spacial score (nSPS) is 13.4. The Kier molecular flexibility index (Phi) is 9.04. The van der Waals surface area contributed by atoms with Gasteiger partial charge in [-0.25, -0.2) is 4.79 Å². The maximum absolute atomic E-state index is 13.3. The molecule has 0 radical (unpaired) electrons. The number of carboxylic acid groups (broad SMARTS) is 1. The number of rotatable bonds is 11. The molecule has 0 aliphatic rings. The van der Waals surface area contributed by atoms with E-state index in [1.54, 1.807) is 32.9 Å². The molecule has 0 amide bonds. The maximum Gasteiger partial charge on any atom is 0.330 e. The van der Waals surface area contributed by atoms with Crippen molar-refractivity contribution in [2.24, 2.45) is 0 Å². The molecule has 7 nitrogen and oxygen atoms in total. The van der Waals surface area contributed by atoms with Gasteiger partial charge in [-0.3, -0.25) is 13.3 Å². The summed E-state index contributed by atoms with van der Waals surface area (Å²) in [6.07, 6.45) is 2.36. The highest BCUT2D eigenvalue weighted by atomic mass is 32.2. The molecule has 1 aromatic heterocycles. The molecular formula is C26H30NO6S2-. The van der Waals surface area contributed by atoms with Crippen molar-refractivity contribution in [2.45, 2.75) is 64.5 Å². The van der Waals surface area contributed by atoms with Gasteiger partial charge in [-0.2, -0.15) is 0 Å². The van der Waals surface area contributed by atoms with Crippen LogP contribution in [0.1, 0.15) is 49.8 Å². The molecule has 0 saturated heterocycles. The van der Waals surface area contributed by atoms with E-state index in [1.807, 2.05) is 42.5 Å². The van der Waals surface area contributed by atoms with Gasteiger partial charge in [0, 0.05) is 39.2 Å². The molecule has 0 spiro atoms. The van der Waals surface area contributed by atoms with E-state index in [2.05, 4.69) is 0 Å². The Morgan fingerprint density at radius 3 is 2.43 bits per heavy atom. The van der Waals surface area contributed by atoms with E-state index < -0.39 is 34.8 Å². The molecule has 0 aliphatic carbocycles. The summed E-state index contributed by atoms with van der Waals surface area (Å²) in [5.41, 5.74) is -0.368. The number of ether oxygens (including phenoxy) is 1. The van der Waals surface area contributed by atoms with Gasteiger partial charge in [0.25, 0.3) is 0 Å². The largest absolute Gasteiger partial charge is 0.755 e. The van der Waals surface area contributed by atoms with E-state index in [0.29, 0.717) is 12.1 Å². The minimum absolute atomic E-state index is 0.133. The van der Waals surface area contributed by atoms with Crippen molar-refractivity contribution in [3.63, 3.8) is 0 Å². The van der Waals surface area contributed by atoms with Crippen LogP contribution in [0.25, 0.3) is 10.8 Å². The third-order valence-corrected chi connectivity index (χ3v) is 7.24. The number of nitrogens with zero attached hydrogens (tertiary/aromatic N) is 1. The molecular weight excluding hydrogens is 486 g/mol. The highest BCUT2D eigenvalue weighted by molar-refractivity contribution is 7.80. The van der Waals surface area contributed by atoms with Crippen LogP contribution in [0.4, 0.5) is 5.69 Å². The third-order valence-electron chi connectivity index (χ3n) is 5.30. The number of aryl methyl sites for hydroxylation is 1. The molecule has 2 atom stereocenters. The van der Waals surface area contributed by atoms with Gasteiger partial charge in [-0.15, -0.1) is 11.3 Å². The van der Waals surface area contributed by atoms with Crippen LogP contribution in [0, 0.1) is 0 Å². The van der Waals surface area contributed by atoms with Gasteiger partial charge in [-0.1, -0.05) is 36.4 Å². The molecule has 2 aromatic carbocycles. The van der Waals surface area contributed by atoms with Gasteiger partial charge in [0.2, 0.25) is 0 Å². The first kappa shape index (κ1) is 26.8. The smallest absolute Gasteiger partial charge is 0.330 e. The summed E-state index contributed by atoms with van der Waals surface area (Å²) in [6.45, 7) is 5.25. The summed E-state index contributed by atoms with van der Waals surface area (Å²) in [6, 6.07) is 15.5. The maximum atomic E-state index is 13.3. The Labute approximate surface area is 212 Å². The number of benzene rings is 2. The summed E-state index contributed by atoms with van der Waals surface area (Å²) >= 11 is -1.23. The summed E-state index contributed by atoms with van der Waals surface area (Å²) < 4.78 is 31.9. The molecule has 3 rings (SSSR count). The minimum atomic E-state index is -2.74. The molecule has 0 saturated carbocycles. The number of carboxylic acids is 1. The Morgan fingerprint density at radius 2 is 1.74 bits per heavy atom. The van der Waals surface area contributed by atoms with E-state index in [9.17, 15) is 18.4 Å². The Morgan fingerprint density at radius 1 is 1.06 bits per heavy atom. The second kappa shape index (κ2) is 11.8. The first-order valence-electron chi connectivity index (χ1n) is 11.4. The van der Waals surface area contributed by atoms with Crippen LogP contribution >= 0.6 is 11.3 Å². The number of hydrogen-bond donors (Lipinski definition) is 1. The number of carbonyl (C=O) groups excluding carboxylic acids is 1. The van der Waals surface area contributed by atoms with Gasteiger partial charge < -0.3 is 14.4 Å². The lowest BCUT2D eigenvalue weighted by atomic mass is 10.1. The van der Waals surface area contributed by atoms with Crippen molar-refractivity contribution in [1.82, 2.24) is 0 Å². The molecule has 35 heavy (non-hydrogen) atoms. The van der Waals surface area contributed by atoms with Gasteiger partial charge in [0.1, 0.15) is 11.6 Å². The number of anilines is 1. The van der Waals surface area contributed by atoms with Crippen LogP contribution in [-0.2, 0) is 38.4 Å². The topological polar surface area (TPSA) is 107 Å². The highest BCUT2D eigenvalue weighted by Gasteiger charge is 2.33. The van der Waals surface area contributed by atoms with Gasteiger partial charge in [-0.05, 0) is 63.6 Å². The third kappa shape index (κ3) is 7.62. The van der Waals surface area contributed by atoms with Crippen molar-refractivity contribution < 1.29 is 28.2 Å². The standard InChI is InChI=1S/C26H31NO6S2/c1-26(2,3)33-25(30)23(17-20-16-15-19(34-20)11-5-7-14-24(28)29)27(35(31)32)22-13-8-10-18-9-4-6-12-21(18)22/h4,6,8-10,12-13,15-16,23H,5,7,11,14,17H2,1-3H3,(H,28,29)(H,31,32)/p-1. The van der Waals surface area contributed by atoms with Crippen LogP contribution in [0.2, 0.25) is 0 Å². The van der Waals surface area contributed by atoms with E-state index in [4.69, 9.17) is 9.84 Å². The highest BCUT2D eigenvalue weighted by Crippen LogP contribution is 2.32. The van der Waals surface area contributed by atoms with Gasteiger partial charge >= 0.3 is 11.9 Å². The number of aliphatic carboxylic acids is 1. The summed E-state index contributed by atoms with van der Waals surface area (Å²) in [5, 5.41) is 10.4. The molecule has 3 aromatic rings. The predicted molar refractivity (Wildman–Crippen MR) is 138 cm³/mol. The fourth-order valence-corrected chi connectivity index (χ4v) is 5.60. The fourth-order valence-electron chi connectivity index (χ4n) is 3.82. The number of unbranched alkanes of at least 4 members (excludes halogenated alkanes) is 1. The average Bonchev–Trinajstić information content (AvgIpc) is 3.22. The van der Waals surface area contributed by atoms with Crippen molar-refractivity contribution in [1.29, 1.82) is 0 Å². The summed E-state index contributed by atoms with van der Waals surface area (Å²) in [4.78, 5) is 25.9. The lowest BCUT2D eigenvalue weighted by Gasteiger charge is -2.35. The van der Waals surface area contributed by atoms with Gasteiger partial charge in [0.15, 0.2) is 0 Å². The molecule has 0 aliphatic heterocycles. The van der Waals surface area contributed by atoms with Crippen LogP contribution < -0.4 is 4.31 Å². The van der Waals surface area contributed by atoms with Crippen LogP contribution in [0.5, 0.6) is 0 Å². The molecule has 9 heteroatoms. The molecule has 0 bridgehead atoms. The zero-order valence-corrected chi connectivity index (χ0v) is 21.7. The van der Waals surface area contributed by atoms with Crippen molar-refractivity contribution in [3.8, 4) is 0 Å². The lowest BCUT2D eigenvalue weighted by molar-refractivity contribution is -0.156. The minimum Gasteiger partial charge on any atom is -0.755 e. The van der Waals surface area contributed by atoms with Crippen molar-refractivity contribution >= 4 is 51.0 Å². The number of carbonyl (C=O) groups is 2. The molecule has 1 heterocycles. The second-order valence-electron chi connectivity index (χ2n) is 9.26. The van der Waals surface area contributed by atoms with E-state index in [1.165, 1.54) is 11.3 Å². The zero-order valence-electron chi connectivity index (χ0n) is 20.1. The van der Waals surface area contributed by atoms with Crippen LogP contribution in [-0.4, -0.2) is 37.4 Å². The fraction of sp³-hybridized carbons (Fsp3) is 0.385. The summed E-state index contributed by atoms with van der Waals surface area (Å²) in [5.74, 6) is -1.43. The molecule has 2 unspecified atom stereocenters. The van der Waals surface area contributed by atoms with E-state index in [-0.39, 0.29) is 12.8 Å². The second-order valence-corrected chi connectivity index (χ2v) is 11.3. The Bertz CT molecular complexity index is 1190. The van der Waals surface area contributed by atoms with Crippen LogP contribution in [0.15, 0.2) is 54.6 Å². The lowest BCUT2D eigenvalue weighted by Crippen LogP contribution is -2.46. The zero-order chi connectivity index (χ0) is 25.6.